The summed E-state index contributed by atoms with van der Waals surface area (Å²) in [6, 6.07) is 10.5. The van der Waals surface area contributed by atoms with Gasteiger partial charge in [-0.25, -0.2) is 0 Å². The molecular weight excluding hydrogens is 322 g/mol. The first-order valence-electron chi connectivity index (χ1n) is 7.81. The highest BCUT2D eigenvalue weighted by atomic mass is 16.5. The van der Waals surface area contributed by atoms with Crippen molar-refractivity contribution < 1.29 is 19.1 Å². The molecule has 1 aliphatic rings. The molecular formula is C18H17N3O4. The van der Waals surface area contributed by atoms with E-state index in [1.165, 1.54) is 6.20 Å². The molecule has 0 unspecified atom stereocenters. The molecule has 3 rings (SSSR count). The molecule has 0 saturated carbocycles. The molecule has 0 fully saturated rings. The third kappa shape index (κ3) is 3.35. The molecule has 0 aliphatic carbocycles. The summed E-state index contributed by atoms with van der Waals surface area (Å²) in [4.78, 5) is 41.4. The molecule has 25 heavy (non-hydrogen) atoms. The number of aromatic nitrogens is 1. The minimum atomic E-state index is -0.460. The second-order valence-corrected chi connectivity index (χ2v) is 5.50. The lowest BCUT2D eigenvalue weighted by molar-refractivity contribution is -0.121. The van der Waals surface area contributed by atoms with E-state index < -0.39 is 11.8 Å². The van der Waals surface area contributed by atoms with Gasteiger partial charge in [-0.15, -0.1) is 0 Å². The van der Waals surface area contributed by atoms with E-state index in [1.54, 1.807) is 19.2 Å². The largest absolute Gasteiger partial charge is 0.496 e. The van der Waals surface area contributed by atoms with Gasteiger partial charge in [0.15, 0.2) is 0 Å². The number of imide groups is 1. The van der Waals surface area contributed by atoms with Crippen LogP contribution in [-0.4, -0.2) is 41.3 Å². The van der Waals surface area contributed by atoms with E-state index in [2.05, 4.69) is 10.3 Å². The first-order chi connectivity index (χ1) is 12.1. The van der Waals surface area contributed by atoms with Gasteiger partial charge in [0.1, 0.15) is 11.4 Å². The summed E-state index contributed by atoms with van der Waals surface area (Å²) >= 11 is 0. The number of rotatable bonds is 6. The number of nitrogens with zero attached hydrogens (tertiary/aromatic N) is 2. The van der Waals surface area contributed by atoms with Gasteiger partial charge in [0.25, 0.3) is 11.8 Å². The molecule has 3 amide bonds. The molecule has 0 bridgehead atoms. The van der Waals surface area contributed by atoms with Crippen molar-refractivity contribution in [3.05, 3.63) is 59.4 Å². The maximum Gasteiger partial charge on any atom is 0.280 e. The average Bonchev–Trinajstić information content (AvgIpc) is 2.89. The van der Waals surface area contributed by atoms with Crippen LogP contribution in [0.15, 0.2) is 42.6 Å². The zero-order valence-corrected chi connectivity index (χ0v) is 13.7. The second-order valence-electron chi connectivity index (χ2n) is 5.50. The van der Waals surface area contributed by atoms with Gasteiger partial charge in [-0.3, -0.25) is 24.3 Å². The van der Waals surface area contributed by atoms with Crippen LogP contribution >= 0.6 is 0 Å². The van der Waals surface area contributed by atoms with E-state index in [-0.39, 0.29) is 30.1 Å². The van der Waals surface area contributed by atoms with Crippen molar-refractivity contribution in [2.45, 2.75) is 13.0 Å². The molecule has 2 heterocycles. The van der Waals surface area contributed by atoms with Crippen molar-refractivity contribution in [2.24, 2.45) is 0 Å². The summed E-state index contributed by atoms with van der Waals surface area (Å²) in [5.41, 5.74) is 1.27. The van der Waals surface area contributed by atoms with Gasteiger partial charge in [0.05, 0.1) is 12.7 Å². The predicted molar refractivity (Wildman–Crippen MR) is 89.1 cm³/mol. The van der Waals surface area contributed by atoms with E-state index in [4.69, 9.17) is 4.74 Å². The van der Waals surface area contributed by atoms with Crippen molar-refractivity contribution in [1.82, 2.24) is 15.2 Å². The van der Waals surface area contributed by atoms with Crippen LogP contribution in [0.2, 0.25) is 0 Å². The van der Waals surface area contributed by atoms with Gasteiger partial charge >= 0.3 is 0 Å². The van der Waals surface area contributed by atoms with Gasteiger partial charge < -0.3 is 10.1 Å². The summed E-state index contributed by atoms with van der Waals surface area (Å²) in [7, 11) is 1.57. The molecule has 0 radical (unpaired) electrons. The zero-order chi connectivity index (χ0) is 17.8. The van der Waals surface area contributed by atoms with E-state index in [1.807, 2.05) is 24.3 Å². The summed E-state index contributed by atoms with van der Waals surface area (Å²) < 4.78 is 5.23. The van der Waals surface area contributed by atoms with Crippen LogP contribution in [-0.2, 0) is 11.3 Å². The van der Waals surface area contributed by atoms with E-state index in [9.17, 15) is 14.4 Å². The molecule has 2 aromatic rings. The molecule has 7 nitrogen and oxygen atoms in total. The van der Waals surface area contributed by atoms with Crippen molar-refractivity contribution in [2.75, 3.05) is 13.7 Å². The van der Waals surface area contributed by atoms with Crippen molar-refractivity contribution >= 4 is 17.7 Å². The minimum absolute atomic E-state index is 0.0196. The van der Waals surface area contributed by atoms with E-state index >= 15 is 0 Å². The fraction of sp³-hybridized carbons (Fsp3) is 0.222. The van der Waals surface area contributed by atoms with E-state index in [0.717, 1.165) is 10.5 Å². The first-order valence-corrected chi connectivity index (χ1v) is 7.81. The van der Waals surface area contributed by atoms with Crippen molar-refractivity contribution in [1.29, 1.82) is 0 Å². The molecule has 7 heteroatoms. The number of hydrogen-bond donors (Lipinski definition) is 1. The van der Waals surface area contributed by atoms with Crippen LogP contribution in [0, 0.1) is 0 Å². The van der Waals surface area contributed by atoms with Crippen molar-refractivity contribution in [3.8, 4) is 5.75 Å². The Kier molecular flexibility index (Phi) is 4.74. The standard InChI is InChI=1S/C18H17N3O4/c1-25-14-7-3-2-5-12(14)11-20-15(22)8-10-21-17(23)13-6-4-9-19-16(13)18(21)24/h2-7,9H,8,10-11H2,1H3,(H,20,22). The molecule has 1 aromatic carbocycles. The summed E-state index contributed by atoms with van der Waals surface area (Å²) in [5.74, 6) is -0.437. The third-order valence-corrected chi connectivity index (χ3v) is 3.96. The lowest BCUT2D eigenvalue weighted by Gasteiger charge is -2.13. The topological polar surface area (TPSA) is 88.6 Å². The Balaban J connectivity index is 1.55. The van der Waals surface area contributed by atoms with Gasteiger partial charge in [-0.2, -0.15) is 0 Å². The lowest BCUT2D eigenvalue weighted by atomic mass is 10.2. The third-order valence-electron chi connectivity index (χ3n) is 3.96. The summed E-state index contributed by atoms with van der Waals surface area (Å²) in [5, 5.41) is 2.76. The number of carbonyl (C=O) groups excluding carboxylic acids is 3. The number of carbonyl (C=O) groups is 3. The monoisotopic (exact) mass is 339 g/mol. The maximum absolute atomic E-state index is 12.2. The quantitative estimate of drug-likeness (QED) is 0.804. The Morgan fingerprint density at radius 2 is 1.96 bits per heavy atom. The molecule has 0 spiro atoms. The highest BCUT2D eigenvalue weighted by molar-refractivity contribution is 6.20. The molecule has 1 aliphatic heterocycles. The zero-order valence-electron chi connectivity index (χ0n) is 13.7. The fourth-order valence-corrected chi connectivity index (χ4v) is 2.66. The fourth-order valence-electron chi connectivity index (χ4n) is 2.66. The molecule has 1 N–H and O–H groups in total. The van der Waals surface area contributed by atoms with Gasteiger partial charge in [0.2, 0.25) is 5.91 Å². The van der Waals surface area contributed by atoms with Crippen LogP contribution in [0.1, 0.15) is 32.8 Å². The SMILES string of the molecule is COc1ccccc1CNC(=O)CCN1C(=O)c2cccnc2C1=O. The molecule has 1 aromatic heterocycles. The Hall–Kier alpha value is -3.22. The first kappa shape index (κ1) is 16.6. The number of hydrogen-bond acceptors (Lipinski definition) is 5. The van der Waals surface area contributed by atoms with Crippen LogP contribution in [0.5, 0.6) is 5.75 Å². The Bertz CT molecular complexity index is 800. The summed E-state index contributed by atoms with van der Waals surface area (Å²) in [6.07, 6.45) is 1.49. The number of nitrogens with one attached hydrogen (secondary N) is 1. The van der Waals surface area contributed by atoms with Gasteiger partial charge in [-0.1, -0.05) is 18.2 Å². The Morgan fingerprint density at radius 3 is 2.72 bits per heavy atom. The number of methoxy groups -OCH3 is 1. The van der Waals surface area contributed by atoms with Gasteiger partial charge in [-0.05, 0) is 18.2 Å². The molecule has 0 saturated heterocycles. The molecule has 0 atom stereocenters. The Labute approximate surface area is 144 Å². The van der Waals surface area contributed by atoms with Crippen LogP contribution in [0.3, 0.4) is 0 Å². The number of pyridine rings is 1. The molecule has 128 valence electrons. The minimum Gasteiger partial charge on any atom is -0.496 e. The lowest BCUT2D eigenvalue weighted by Crippen LogP contribution is -2.34. The van der Waals surface area contributed by atoms with E-state index in [0.29, 0.717) is 12.3 Å². The highest BCUT2D eigenvalue weighted by Crippen LogP contribution is 2.20. The van der Waals surface area contributed by atoms with Crippen LogP contribution < -0.4 is 10.1 Å². The maximum atomic E-state index is 12.2. The number of para-hydroxylation sites is 1. The number of benzene rings is 1. The van der Waals surface area contributed by atoms with Crippen LogP contribution in [0.25, 0.3) is 0 Å². The number of amides is 3. The smallest absolute Gasteiger partial charge is 0.280 e. The normalized spacial score (nSPS) is 12.9. The highest BCUT2D eigenvalue weighted by Gasteiger charge is 2.36. The van der Waals surface area contributed by atoms with Gasteiger partial charge in [0, 0.05) is 31.3 Å². The predicted octanol–water partition coefficient (Wildman–Crippen LogP) is 1.39. The Morgan fingerprint density at radius 1 is 1.16 bits per heavy atom. The average molecular weight is 339 g/mol. The number of ether oxygens (including phenoxy) is 1. The second kappa shape index (κ2) is 7.12. The summed E-state index contributed by atoms with van der Waals surface area (Å²) in [6.45, 7) is 0.332. The van der Waals surface area contributed by atoms with Crippen LogP contribution in [0.4, 0.5) is 0 Å². The van der Waals surface area contributed by atoms with Crippen molar-refractivity contribution in [3.63, 3.8) is 0 Å². The number of fused-ring (bicyclic) bond motifs is 1.